The van der Waals surface area contributed by atoms with E-state index in [1.54, 1.807) is 23.4 Å². The highest BCUT2D eigenvalue weighted by Gasteiger charge is 2.26. The number of pyridine rings is 2. The zero-order valence-corrected chi connectivity index (χ0v) is 22.6. The molecule has 38 heavy (non-hydrogen) atoms. The fourth-order valence-electron chi connectivity index (χ4n) is 3.93. The molecule has 3 heterocycles. The topological polar surface area (TPSA) is 141 Å². The second-order valence-electron chi connectivity index (χ2n) is 9.13. The van der Waals surface area contributed by atoms with E-state index in [0.29, 0.717) is 23.0 Å². The number of carbonyl (C=O) groups excluding carboxylic acids is 1. The SMILES string of the molecule is Cc1cc(C)c(Oc2nc(-c3cnc(N(C)C)nc3)ccc2C(=O)CS(=O)(=O)c2cccc(N)n2)c(C)c1. The summed E-state index contributed by atoms with van der Waals surface area (Å²) in [5.74, 6) is -0.425. The van der Waals surface area contributed by atoms with Crippen molar-refractivity contribution in [3.8, 4) is 22.9 Å². The number of anilines is 2. The number of Topliss-reactive ketones (excluding diaryl/α,β-unsaturated/α-hetero) is 1. The number of nitrogens with zero attached hydrogens (tertiary/aromatic N) is 5. The second kappa shape index (κ2) is 10.5. The van der Waals surface area contributed by atoms with Crippen LogP contribution in [0.2, 0.25) is 0 Å². The van der Waals surface area contributed by atoms with E-state index in [0.717, 1.165) is 16.7 Å². The van der Waals surface area contributed by atoms with Crippen molar-refractivity contribution in [3.05, 3.63) is 77.1 Å². The van der Waals surface area contributed by atoms with Crippen LogP contribution in [0, 0.1) is 20.8 Å². The van der Waals surface area contributed by atoms with Crippen LogP contribution in [0.5, 0.6) is 11.6 Å². The van der Waals surface area contributed by atoms with Gasteiger partial charge in [-0.15, -0.1) is 0 Å². The third kappa shape index (κ3) is 5.78. The van der Waals surface area contributed by atoms with Gasteiger partial charge >= 0.3 is 0 Å². The smallest absolute Gasteiger partial charge is 0.230 e. The van der Waals surface area contributed by atoms with Crippen LogP contribution in [0.4, 0.5) is 11.8 Å². The lowest BCUT2D eigenvalue weighted by Crippen LogP contribution is -2.19. The molecule has 0 aliphatic carbocycles. The Balaban J connectivity index is 1.77. The number of carbonyl (C=O) groups is 1. The predicted octanol–water partition coefficient (Wildman–Crippen LogP) is 3.96. The minimum Gasteiger partial charge on any atom is -0.438 e. The van der Waals surface area contributed by atoms with Crippen LogP contribution in [-0.2, 0) is 9.84 Å². The molecule has 0 unspecified atom stereocenters. The number of rotatable bonds is 8. The zero-order chi connectivity index (χ0) is 27.6. The van der Waals surface area contributed by atoms with Gasteiger partial charge in [-0.3, -0.25) is 4.79 Å². The summed E-state index contributed by atoms with van der Waals surface area (Å²) in [7, 11) is -0.401. The third-order valence-electron chi connectivity index (χ3n) is 5.68. The molecule has 0 amide bonds. The van der Waals surface area contributed by atoms with Gasteiger partial charge in [-0.05, 0) is 56.2 Å². The van der Waals surface area contributed by atoms with Gasteiger partial charge in [-0.25, -0.2) is 28.4 Å². The first-order valence-corrected chi connectivity index (χ1v) is 13.3. The maximum absolute atomic E-state index is 13.3. The molecule has 2 N–H and O–H groups in total. The van der Waals surface area contributed by atoms with E-state index in [-0.39, 0.29) is 22.3 Å². The van der Waals surface area contributed by atoms with Crippen molar-refractivity contribution in [2.45, 2.75) is 25.8 Å². The van der Waals surface area contributed by atoms with Crippen molar-refractivity contribution in [2.24, 2.45) is 0 Å². The molecule has 0 aliphatic heterocycles. The van der Waals surface area contributed by atoms with E-state index in [2.05, 4.69) is 19.9 Å². The van der Waals surface area contributed by atoms with Crippen molar-refractivity contribution in [3.63, 3.8) is 0 Å². The quantitative estimate of drug-likeness (QED) is 0.331. The number of sulfone groups is 1. The molecule has 4 rings (SSSR count). The summed E-state index contributed by atoms with van der Waals surface area (Å²) in [5, 5.41) is -0.277. The highest BCUT2D eigenvalue weighted by atomic mass is 32.2. The van der Waals surface area contributed by atoms with E-state index in [1.165, 1.54) is 24.3 Å². The third-order valence-corrected chi connectivity index (χ3v) is 7.19. The summed E-state index contributed by atoms with van der Waals surface area (Å²) < 4.78 is 32.1. The number of aryl methyl sites for hydroxylation is 3. The molecule has 11 heteroatoms. The Morgan fingerprint density at radius 2 is 1.63 bits per heavy atom. The maximum atomic E-state index is 13.3. The Hall–Kier alpha value is -4.38. The fraction of sp³-hybridized carbons (Fsp3) is 0.222. The first kappa shape index (κ1) is 26.7. The number of nitrogen functional groups attached to an aromatic ring is 1. The van der Waals surface area contributed by atoms with Crippen LogP contribution < -0.4 is 15.4 Å². The van der Waals surface area contributed by atoms with Crippen LogP contribution in [0.15, 0.2) is 59.9 Å². The van der Waals surface area contributed by atoms with Crippen molar-refractivity contribution in [1.29, 1.82) is 0 Å². The molecule has 0 atom stereocenters. The van der Waals surface area contributed by atoms with E-state index in [1.807, 2.05) is 47.0 Å². The van der Waals surface area contributed by atoms with E-state index in [9.17, 15) is 13.2 Å². The fourth-order valence-corrected chi connectivity index (χ4v) is 5.11. The summed E-state index contributed by atoms with van der Waals surface area (Å²) in [4.78, 5) is 32.2. The molecular formula is C27H28N6O4S. The highest BCUT2D eigenvalue weighted by Crippen LogP contribution is 2.33. The lowest BCUT2D eigenvalue weighted by atomic mass is 10.1. The molecule has 10 nitrogen and oxygen atoms in total. The largest absolute Gasteiger partial charge is 0.438 e. The number of aromatic nitrogens is 4. The average molecular weight is 533 g/mol. The molecule has 0 saturated heterocycles. The molecule has 4 aromatic rings. The molecule has 3 aromatic heterocycles. The molecule has 0 radical (unpaired) electrons. The molecule has 196 valence electrons. The summed E-state index contributed by atoms with van der Waals surface area (Å²) in [6.45, 7) is 5.76. The predicted molar refractivity (Wildman–Crippen MR) is 145 cm³/mol. The summed E-state index contributed by atoms with van der Waals surface area (Å²) in [6.07, 6.45) is 3.24. The number of hydrogen-bond donors (Lipinski definition) is 1. The summed E-state index contributed by atoms with van der Waals surface area (Å²) in [5.41, 5.74) is 9.49. The second-order valence-corrected chi connectivity index (χ2v) is 11.1. The standard InChI is InChI=1S/C27H28N6O4S/c1-16-11-17(2)25(18(3)12-16)37-26-20(22(34)15-38(35,36)24-8-6-7-23(28)32-24)9-10-21(31-26)19-13-29-27(30-14-19)33(4)5/h6-14H,15H2,1-5H3,(H2,28,32). The van der Waals surface area contributed by atoms with Gasteiger partial charge in [0, 0.05) is 32.1 Å². The normalized spacial score (nSPS) is 11.3. The van der Waals surface area contributed by atoms with Crippen molar-refractivity contribution < 1.29 is 17.9 Å². The Kier molecular flexibility index (Phi) is 7.40. The number of ketones is 1. The zero-order valence-electron chi connectivity index (χ0n) is 21.8. The van der Waals surface area contributed by atoms with Crippen LogP contribution >= 0.6 is 0 Å². The van der Waals surface area contributed by atoms with Gasteiger partial charge in [0.15, 0.2) is 10.8 Å². The Bertz CT molecular complexity index is 1600. The molecule has 0 aliphatic rings. The van der Waals surface area contributed by atoms with Gasteiger partial charge in [-0.2, -0.15) is 0 Å². The first-order chi connectivity index (χ1) is 17.9. The highest BCUT2D eigenvalue weighted by molar-refractivity contribution is 7.92. The minimum absolute atomic E-state index is 0.0185. The van der Waals surface area contributed by atoms with Gasteiger partial charge in [0.2, 0.25) is 21.7 Å². The van der Waals surface area contributed by atoms with Gasteiger partial charge < -0.3 is 15.4 Å². The van der Waals surface area contributed by atoms with E-state index < -0.39 is 21.4 Å². The Labute approximate surface area is 221 Å². The average Bonchev–Trinajstić information content (AvgIpc) is 2.86. The Morgan fingerprint density at radius 1 is 0.974 bits per heavy atom. The Morgan fingerprint density at radius 3 is 2.24 bits per heavy atom. The van der Waals surface area contributed by atoms with Gasteiger partial charge in [0.1, 0.15) is 17.3 Å². The molecular weight excluding hydrogens is 504 g/mol. The number of ether oxygens (including phenoxy) is 1. The van der Waals surface area contributed by atoms with Gasteiger partial charge in [0.25, 0.3) is 0 Å². The van der Waals surface area contributed by atoms with Crippen LogP contribution in [-0.4, -0.2) is 54.0 Å². The molecule has 1 aromatic carbocycles. The van der Waals surface area contributed by atoms with Crippen molar-refractivity contribution in [1.82, 2.24) is 19.9 Å². The summed E-state index contributed by atoms with van der Waals surface area (Å²) >= 11 is 0. The molecule has 0 bridgehead atoms. The first-order valence-electron chi connectivity index (χ1n) is 11.7. The van der Waals surface area contributed by atoms with Gasteiger partial charge in [-0.1, -0.05) is 23.8 Å². The minimum atomic E-state index is -4.07. The van der Waals surface area contributed by atoms with E-state index >= 15 is 0 Å². The van der Waals surface area contributed by atoms with Crippen molar-refractivity contribution >= 4 is 27.4 Å². The van der Waals surface area contributed by atoms with E-state index in [4.69, 9.17) is 10.5 Å². The lowest BCUT2D eigenvalue weighted by molar-refractivity contribution is 0.101. The number of nitrogens with two attached hydrogens (primary N) is 1. The maximum Gasteiger partial charge on any atom is 0.230 e. The molecule has 0 saturated carbocycles. The summed E-state index contributed by atoms with van der Waals surface area (Å²) in [6, 6.07) is 11.3. The van der Waals surface area contributed by atoms with Crippen molar-refractivity contribution in [2.75, 3.05) is 30.5 Å². The van der Waals surface area contributed by atoms with Gasteiger partial charge in [0.05, 0.1) is 11.3 Å². The molecule has 0 spiro atoms. The number of benzene rings is 1. The van der Waals surface area contributed by atoms with Crippen LogP contribution in [0.25, 0.3) is 11.3 Å². The monoisotopic (exact) mass is 532 g/mol. The van der Waals surface area contributed by atoms with Crippen LogP contribution in [0.3, 0.4) is 0 Å². The molecule has 0 fully saturated rings. The number of hydrogen-bond acceptors (Lipinski definition) is 10. The van der Waals surface area contributed by atoms with Crippen LogP contribution in [0.1, 0.15) is 27.0 Å². The lowest BCUT2D eigenvalue weighted by Gasteiger charge is -2.16.